The van der Waals surface area contributed by atoms with Crippen molar-refractivity contribution in [2.45, 2.75) is 119 Å². The second-order valence-corrected chi connectivity index (χ2v) is 26.0. The molecule has 0 aromatic heterocycles. The quantitative estimate of drug-likeness (QED) is 0.0628. The molecule has 0 spiro atoms. The van der Waals surface area contributed by atoms with Crippen molar-refractivity contribution in [1.82, 2.24) is 0 Å². The second-order valence-electron chi connectivity index (χ2n) is 12.2. The number of methoxy groups -OCH3 is 1. The average Bonchev–Trinajstić information content (AvgIpc) is 2.96. The number of carbonyl (C=O) groups excluding carboxylic acids is 1. The first-order chi connectivity index (χ1) is 20.5. The van der Waals surface area contributed by atoms with E-state index in [2.05, 4.69) is 46.4 Å². The molecule has 0 saturated carbocycles. The number of rotatable bonds is 19. The van der Waals surface area contributed by atoms with Gasteiger partial charge in [-0.05, 0) is 0 Å². The van der Waals surface area contributed by atoms with Crippen molar-refractivity contribution in [2.75, 3.05) is 7.11 Å². The van der Waals surface area contributed by atoms with Crippen molar-refractivity contribution in [3.63, 3.8) is 0 Å². The van der Waals surface area contributed by atoms with Crippen LogP contribution in [0, 0.1) is 13.8 Å². The predicted molar refractivity (Wildman–Crippen MR) is 186 cm³/mol. The molecule has 2 aromatic rings. The molecule has 4 nitrogen and oxygen atoms in total. The van der Waals surface area contributed by atoms with Crippen molar-refractivity contribution in [3.8, 4) is 17.2 Å². The summed E-state index contributed by atoms with van der Waals surface area (Å²) in [7, 11) is 1.49. The fourth-order valence-corrected chi connectivity index (χ4v) is 22.7. The van der Waals surface area contributed by atoms with Crippen LogP contribution < -0.4 is 9.47 Å². The zero-order chi connectivity index (χ0) is 32.0. The van der Waals surface area contributed by atoms with Gasteiger partial charge in [0.1, 0.15) is 0 Å². The molecule has 0 N–H and O–H groups in total. The fraction of sp³-hybridized carbons (Fsp3) is 0.541. The van der Waals surface area contributed by atoms with E-state index >= 15 is 0 Å². The van der Waals surface area contributed by atoms with Crippen molar-refractivity contribution in [3.05, 3.63) is 73.9 Å². The summed E-state index contributed by atoms with van der Waals surface area (Å²) in [5.74, 6) is 1.73. The van der Waals surface area contributed by atoms with Gasteiger partial charge in [0.05, 0.1) is 0 Å². The first-order valence-electron chi connectivity index (χ1n) is 16.2. The molecule has 0 aliphatic rings. The van der Waals surface area contributed by atoms with E-state index in [4.69, 9.17) is 25.8 Å². The Morgan fingerprint density at radius 1 is 0.930 bits per heavy atom. The molecule has 2 rings (SSSR count). The summed E-state index contributed by atoms with van der Waals surface area (Å²) >= 11 is 3.73. The summed E-state index contributed by atoms with van der Waals surface area (Å²) < 4.78 is 23.3. The predicted octanol–water partition coefficient (Wildman–Crippen LogP) is 11.3. The van der Waals surface area contributed by atoms with Gasteiger partial charge in [-0.15, -0.1) is 6.58 Å². The molecule has 0 aliphatic carbocycles. The van der Waals surface area contributed by atoms with Crippen molar-refractivity contribution < 1.29 is 19.0 Å². The second kappa shape index (κ2) is 18.8. The molecule has 0 aliphatic heterocycles. The van der Waals surface area contributed by atoms with Crippen LogP contribution in [0.4, 0.5) is 0 Å². The Kier molecular flexibility index (Phi) is 16.3. The van der Waals surface area contributed by atoms with Crippen LogP contribution in [0.25, 0.3) is 0 Å². The third-order valence-electron chi connectivity index (χ3n) is 8.23. The molecule has 0 radical (unpaired) electrons. The molecule has 0 fully saturated rings. The normalized spacial score (nSPS) is 12.0. The maximum atomic E-state index is 12.8. The van der Waals surface area contributed by atoms with Crippen LogP contribution >= 0.6 is 11.6 Å². The number of allylic oxidation sites excluding steroid dienone is 2. The summed E-state index contributed by atoms with van der Waals surface area (Å²) in [6.45, 7) is 18.9. The van der Waals surface area contributed by atoms with Gasteiger partial charge in [-0.25, -0.2) is 0 Å². The SMILES string of the molecule is C=CCc1cc(Oc2c(C)cc(C/[C](=C\C(=O)OC)[Sn]([CH2]CCC)([CH2]CCC)[CH2]CCC)cc2OC(C)C)c(Cl)cc1C. The minimum atomic E-state index is -2.93. The Bertz CT molecular complexity index is 1210. The molecule has 0 saturated heterocycles. The number of carbonyl (C=O) groups is 1. The standard InChI is InChI=1S/C25H28ClO4.3C4H9.Sn/c1-7-9-20-15-22(21(26)13-17(20)4)30-25-18(5)12-19(10-8-11-24(27)28-6)14-23(25)29-16(2)3;3*1-3-4-2;/h7,11-16H,1,9-10H2,2-6H3;3*1,3-4H2,2H3;. The van der Waals surface area contributed by atoms with E-state index in [0.717, 1.165) is 35.1 Å². The first-order valence-corrected chi connectivity index (χ1v) is 24.1. The van der Waals surface area contributed by atoms with E-state index < -0.39 is 18.4 Å². The van der Waals surface area contributed by atoms with Gasteiger partial charge in [-0.3, -0.25) is 0 Å². The number of ether oxygens (including phenoxy) is 3. The van der Waals surface area contributed by atoms with Crippen molar-refractivity contribution >= 4 is 35.9 Å². The third-order valence-corrected chi connectivity index (χ3v) is 24.5. The fourth-order valence-electron chi connectivity index (χ4n) is 5.86. The van der Waals surface area contributed by atoms with Gasteiger partial charge in [0.25, 0.3) is 0 Å². The maximum absolute atomic E-state index is 12.8. The molecular weight excluding hydrogens is 663 g/mol. The van der Waals surface area contributed by atoms with Crippen LogP contribution in [0.3, 0.4) is 0 Å². The topological polar surface area (TPSA) is 44.8 Å². The molecule has 238 valence electrons. The van der Waals surface area contributed by atoms with Crippen molar-refractivity contribution in [2.24, 2.45) is 0 Å². The van der Waals surface area contributed by atoms with Gasteiger partial charge in [-0.2, -0.15) is 0 Å². The molecule has 0 unspecified atom stereocenters. The van der Waals surface area contributed by atoms with Gasteiger partial charge in [-0.1, -0.05) is 0 Å². The van der Waals surface area contributed by atoms with Crippen LogP contribution in [0.2, 0.25) is 18.3 Å². The molecule has 0 bridgehead atoms. The van der Waals surface area contributed by atoms with Gasteiger partial charge in [0.2, 0.25) is 0 Å². The van der Waals surface area contributed by atoms with Gasteiger partial charge < -0.3 is 0 Å². The molecule has 0 amide bonds. The summed E-state index contributed by atoms with van der Waals surface area (Å²) in [4.78, 5) is 12.8. The van der Waals surface area contributed by atoms with Gasteiger partial charge in [0, 0.05) is 0 Å². The number of esters is 1. The summed E-state index contributed by atoms with van der Waals surface area (Å²) in [6.07, 6.45) is 12.4. The van der Waals surface area contributed by atoms with Crippen LogP contribution in [-0.4, -0.2) is 37.6 Å². The number of aryl methyl sites for hydroxylation is 2. The average molecular weight is 718 g/mol. The monoisotopic (exact) mass is 718 g/mol. The molecule has 43 heavy (non-hydrogen) atoms. The number of hydrogen-bond acceptors (Lipinski definition) is 4. The van der Waals surface area contributed by atoms with Gasteiger partial charge >= 0.3 is 266 Å². The Balaban J connectivity index is 2.66. The summed E-state index contributed by atoms with van der Waals surface area (Å²) in [5.41, 5.74) is 4.35. The third kappa shape index (κ3) is 11.2. The number of hydrogen-bond donors (Lipinski definition) is 0. The van der Waals surface area contributed by atoms with Crippen LogP contribution in [0.15, 0.2) is 46.6 Å². The van der Waals surface area contributed by atoms with Crippen LogP contribution in [-0.2, 0) is 22.4 Å². The molecule has 0 atom stereocenters. The van der Waals surface area contributed by atoms with Crippen LogP contribution in [0.5, 0.6) is 17.2 Å². The Hall–Kier alpha value is -1.92. The molecular formula is C37H55ClO4Sn. The van der Waals surface area contributed by atoms with Crippen LogP contribution in [0.1, 0.15) is 95.4 Å². The van der Waals surface area contributed by atoms with E-state index in [1.54, 1.807) is 0 Å². The number of unbranched alkanes of at least 4 members (excludes halogenated alkanes) is 3. The Morgan fingerprint density at radius 2 is 1.53 bits per heavy atom. The molecule has 6 heteroatoms. The Morgan fingerprint density at radius 3 is 2.05 bits per heavy atom. The van der Waals surface area contributed by atoms with E-state index in [1.807, 2.05) is 45.1 Å². The number of halogens is 1. The number of benzene rings is 2. The van der Waals surface area contributed by atoms with E-state index in [-0.39, 0.29) is 12.1 Å². The van der Waals surface area contributed by atoms with E-state index in [0.29, 0.717) is 22.3 Å². The molecule has 0 heterocycles. The van der Waals surface area contributed by atoms with Crippen molar-refractivity contribution in [1.29, 1.82) is 0 Å². The summed E-state index contributed by atoms with van der Waals surface area (Å²) in [5, 5.41) is 0.564. The molecule has 2 aromatic carbocycles. The van der Waals surface area contributed by atoms with Gasteiger partial charge in [0.15, 0.2) is 0 Å². The summed E-state index contributed by atoms with van der Waals surface area (Å²) in [6, 6.07) is 8.25. The zero-order valence-corrected chi connectivity index (χ0v) is 31.6. The van der Waals surface area contributed by atoms with E-state index in [9.17, 15) is 4.79 Å². The Labute approximate surface area is 271 Å². The zero-order valence-electron chi connectivity index (χ0n) is 28.0. The first kappa shape index (κ1) is 37.3. The van der Waals surface area contributed by atoms with E-state index in [1.165, 1.54) is 62.5 Å². The minimum absolute atomic E-state index is 0.0381.